The summed E-state index contributed by atoms with van der Waals surface area (Å²) in [7, 11) is 9.54. The van der Waals surface area contributed by atoms with Crippen LogP contribution < -0.4 is 24.4 Å². The topological polar surface area (TPSA) is 177 Å². The first-order valence-electron chi connectivity index (χ1n) is 27.5. The molecule has 17 heteroatoms. The van der Waals surface area contributed by atoms with Gasteiger partial charge in [-0.05, 0) is 213 Å². The molecule has 8 rings (SSSR count). The van der Waals surface area contributed by atoms with Crippen LogP contribution in [0.1, 0.15) is 83.8 Å². The van der Waals surface area contributed by atoms with Gasteiger partial charge < -0.3 is 48.3 Å². The number of hydrogen-bond donors (Lipinski definition) is 3. The Labute approximate surface area is 556 Å². The molecule has 0 heterocycles. The molecular formula is C72H92BBr3O13. The maximum absolute atomic E-state index is 9.59. The molecule has 482 valence electrons. The summed E-state index contributed by atoms with van der Waals surface area (Å²) in [5.74, 6) is 3.59. The largest absolute Gasteiger partial charge is 0.507 e. The van der Waals surface area contributed by atoms with Gasteiger partial charge in [-0.2, -0.15) is 0 Å². The highest BCUT2D eigenvalue weighted by Crippen LogP contribution is 2.32. The van der Waals surface area contributed by atoms with Crippen molar-refractivity contribution < 1.29 is 62.7 Å². The Kier molecular flexibility index (Phi) is 43.0. The summed E-state index contributed by atoms with van der Waals surface area (Å²) < 4.78 is 36.7. The second-order valence-electron chi connectivity index (χ2n) is 19.4. The van der Waals surface area contributed by atoms with E-state index in [-0.39, 0.29) is 25.3 Å². The number of ether oxygens (including phenoxy) is 7. The van der Waals surface area contributed by atoms with Gasteiger partial charge in [0.15, 0.2) is 0 Å². The van der Waals surface area contributed by atoms with Crippen LogP contribution in [0.2, 0.25) is 0 Å². The number of halogens is 3. The molecule has 0 saturated heterocycles. The number of phenolic OH excluding ortho intramolecular Hbond substituents is 1. The fourth-order valence-corrected chi connectivity index (χ4v) is 10.2. The maximum atomic E-state index is 9.59. The highest BCUT2D eigenvalue weighted by molar-refractivity contribution is 9.11. The Hall–Kier alpha value is -7.41. The van der Waals surface area contributed by atoms with E-state index < -0.39 is 7.12 Å². The molecule has 0 aliphatic carbocycles. The van der Waals surface area contributed by atoms with E-state index in [1.807, 2.05) is 96.1 Å². The second kappa shape index (κ2) is 45.8. The molecular weight excluding hydrogens is 1320 g/mol. The molecule has 0 aliphatic heterocycles. The van der Waals surface area contributed by atoms with Gasteiger partial charge in [-0.15, -0.1) is 0 Å². The van der Waals surface area contributed by atoms with E-state index in [1.165, 1.54) is 109 Å². The number of aryl methyl sites for hydroxylation is 10. The van der Waals surface area contributed by atoms with Crippen LogP contribution in [0.4, 0.5) is 0 Å². The van der Waals surface area contributed by atoms with Crippen molar-refractivity contribution in [2.45, 2.75) is 97.4 Å². The molecule has 0 bridgehead atoms. The summed E-state index contributed by atoms with van der Waals surface area (Å²) in [5, 5.41) is 26.5. The van der Waals surface area contributed by atoms with E-state index >= 15 is 0 Å². The van der Waals surface area contributed by atoms with Crippen molar-refractivity contribution >= 4 is 78.3 Å². The van der Waals surface area contributed by atoms with Gasteiger partial charge in [-0.1, -0.05) is 146 Å². The molecule has 0 spiro atoms. The summed E-state index contributed by atoms with van der Waals surface area (Å²) in [5.41, 5.74) is 16.7. The quantitative estimate of drug-likeness (QED) is 0.0781. The zero-order valence-corrected chi connectivity index (χ0v) is 59.3. The first kappa shape index (κ1) is 83.7. The molecule has 0 saturated carbocycles. The number of benzene rings is 8. The van der Waals surface area contributed by atoms with Crippen LogP contribution in [0.15, 0.2) is 165 Å². The summed E-state index contributed by atoms with van der Waals surface area (Å²) in [4.78, 5) is 28.8. The van der Waals surface area contributed by atoms with Gasteiger partial charge in [0, 0.05) is 34.2 Å². The minimum atomic E-state index is -1.34. The lowest BCUT2D eigenvalue weighted by molar-refractivity contribution is -0.138. The number of rotatable bonds is 7. The molecule has 8 aromatic rings. The number of carbonyl (C=O) groups is 3. The number of methoxy groups -OCH3 is 7. The van der Waals surface area contributed by atoms with Crippen molar-refractivity contribution in [3.8, 4) is 51.0 Å². The third-order valence-corrected chi connectivity index (χ3v) is 13.6. The second-order valence-corrected chi connectivity index (χ2v) is 22.2. The summed E-state index contributed by atoms with van der Waals surface area (Å²) >= 11 is 10.2. The smallest absolute Gasteiger partial charge is 0.488 e. The number of carbonyl (C=O) groups excluding carboxylic acids is 3. The molecule has 8 aromatic carbocycles. The van der Waals surface area contributed by atoms with E-state index in [9.17, 15) is 19.5 Å². The number of hydrogen-bond acceptors (Lipinski definition) is 13. The van der Waals surface area contributed by atoms with E-state index in [1.54, 1.807) is 52.7 Å². The summed E-state index contributed by atoms with van der Waals surface area (Å²) in [6, 6.07) is 50.1. The average Bonchev–Trinajstić information content (AvgIpc) is 3.43. The molecule has 0 fully saturated rings. The van der Waals surface area contributed by atoms with Gasteiger partial charge in [0.05, 0.1) is 49.8 Å². The number of esters is 3. The van der Waals surface area contributed by atoms with Crippen LogP contribution in [-0.4, -0.2) is 89.9 Å². The van der Waals surface area contributed by atoms with Crippen LogP contribution in [0.25, 0.3) is 22.3 Å². The van der Waals surface area contributed by atoms with Crippen molar-refractivity contribution in [3.05, 3.63) is 221 Å². The van der Waals surface area contributed by atoms with Crippen LogP contribution in [0.3, 0.4) is 0 Å². The first-order valence-corrected chi connectivity index (χ1v) is 29.9. The maximum Gasteiger partial charge on any atom is 0.488 e. The SMILES string of the molecule is C.COC(C)=O.COC(C)=O.COC(C)=O.COc1c(C)cc(-c2ccccc2)cc1C.COc1c(C)cc(-c2ccccc2)cc1C.COc1c(C)cc(Br)cc1C.COc1c(C)cc(Br)cc1C.Cc1cc(Br)cc(C)c1O.OB(O)c1ccccc1. The molecule has 3 N–H and O–H groups in total. The summed E-state index contributed by atoms with van der Waals surface area (Å²) in [6.07, 6.45) is 0. The van der Waals surface area contributed by atoms with Crippen LogP contribution in [0.5, 0.6) is 28.7 Å². The van der Waals surface area contributed by atoms with E-state index in [0.29, 0.717) is 11.2 Å². The minimum absolute atomic E-state index is 0. The highest BCUT2D eigenvalue weighted by atomic mass is 79.9. The lowest BCUT2D eigenvalue weighted by atomic mass is 9.81. The van der Waals surface area contributed by atoms with Crippen LogP contribution in [0, 0.1) is 69.2 Å². The van der Waals surface area contributed by atoms with Crippen molar-refractivity contribution in [2.24, 2.45) is 0 Å². The summed E-state index contributed by atoms with van der Waals surface area (Å²) in [6.45, 7) is 24.3. The highest BCUT2D eigenvalue weighted by Gasteiger charge is 2.10. The fourth-order valence-electron chi connectivity index (χ4n) is 8.11. The zero-order valence-electron chi connectivity index (χ0n) is 54.6. The molecule has 0 radical (unpaired) electrons. The number of phenols is 1. The molecule has 89 heavy (non-hydrogen) atoms. The van der Waals surface area contributed by atoms with E-state index in [0.717, 1.165) is 47.5 Å². The fraction of sp³-hybridized carbons (Fsp3) is 0.292. The lowest BCUT2D eigenvalue weighted by Gasteiger charge is -2.11. The van der Waals surface area contributed by atoms with Crippen LogP contribution in [-0.2, 0) is 28.6 Å². The zero-order chi connectivity index (χ0) is 67.2. The van der Waals surface area contributed by atoms with Gasteiger partial charge in [-0.3, -0.25) is 14.4 Å². The van der Waals surface area contributed by atoms with E-state index in [2.05, 4.69) is 162 Å². The van der Waals surface area contributed by atoms with E-state index in [4.69, 9.17) is 29.0 Å². The Morgan fingerprint density at radius 2 is 0.528 bits per heavy atom. The standard InChI is InChI=1S/2C15H16O.2C9H11BrO.C8H9BrO.C6H7BO2.3C3H6O2.CH4/c2*1-11-9-14(10-12(2)15(11)16-3)13-7-5-4-6-8-13;2*1-6-4-8(10)5-7(2)9(6)11-3;1-5-3-7(9)4-6(2)8(5)10;8-7(9)6-4-2-1-3-5-6;3*1-3(4)5-2;/h2*4-10H,1-3H3;2*4-5H,1-3H3;3-4,10H,1-2H3;1-5,8-9H;3*1-2H3;1H4. The Balaban J connectivity index is 0. The van der Waals surface area contributed by atoms with Crippen molar-refractivity contribution in [2.75, 3.05) is 49.8 Å². The molecule has 0 amide bonds. The average molecular weight is 1420 g/mol. The van der Waals surface area contributed by atoms with Crippen LogP contribution >= 0.6 is 47.8 Å². The Morgan fingerprint density at radius 3 is 0.708 bits per heavy atom. The first-order chi connectivity index (χ1) is 41.5. The van der Waals surface area contributed by atoms with Gasteiger partial charge in [0.1, 0.15) is 28.7 Å². The predicted molar refractivity (Wildman–Crippen MR) is 377 cm³/mol. The van der Waals surface area contributed by atoms with Gasteiger partial charge in [0.2, 0.25) is 0 Å². The van der Waals surface area contributed by atoms with Crippen molar-refractivity contribution in [1.29, 1.82) is 0 Å². The van der Waals surface area contributed by atoms with Crippen molar-refractivity contribution in [1.82, 2.24) is 0 Å². The molecule has 0 aromatic heterocycles. The van der Waals surface area contributed by atoms with Gasteiger partial charge in [-0.25, -0.2) is 0 Å². The molecule has 0 atom stereocenters. The molecule has 13 nitrogen and oxygen atoms in total. The molecule has 0 unspecified atom stereocenters. The Morgan fingerprint density at radius 1 is 0.337 bits per heavy atom. The van der Waals surface area contributed by atoms with Gasteiger partial charge in [0.25, 0.3) is 0 Å². The predicted octanol–water partition coefficient (Wildman–Crippen LogP) is 17.4. The minimum Gasteiger partial charge on any atom is -0.507 e. The van der Waals surface area contributed by atoms with Gasteiger partial charge >= 0.3 is 25.0 Å². The monoisotopic (exact) mass is 1410 g/mol. The molecule has 0 aliphatic rings. The normalized spacial score (nSPS) is 9.27. The van der Waals surface area contributed by atoms with Crippen molar-refractivity contribution in [3.63, 3.8) is 0 Å². The lowest BCUT2D eigenvalue weighted by Crippen LogP contribution is -2.29. The third-order valence-electron chi connectivity index (χ3n) is 12.2. The third kappa shape index (κ3) is 33.1. The number of aromatic hydroxyl groups is 1. The Bertz CT molecular complexity index is 3060.